The van der Waals surface area contributed by atoms with Gasteiger partial charge in [-0.05, 0) is 19.1 Å². The van der Waals surface area contributed by atoms with Gasteiger partial charge in [0.05, 0.1) is 18.7 Å². The molecule has 8 heteroatoms. The number of hydrogen-bond acceptors (Lipinski definition) is 4. The van der Waals surface area contributed by atoms with Crippen LogP contribution in [0.15, 0.2) is 24.3 Å². The number of ether oxygens (including phenoxy) is 1. The van der Waals surface area contributed by atoms with E-state index in [0.29, 0.717) is 18.0 Å². The molecule has 0 saturated carbocycles. The second kappa shape index (κ2) is 7.73. The van der Waals surface area contributed by atoms with Crippen molar-refractivity contribution in [3.05, 3.63) is 24.3 Å². The third-order valence-electron chi connectivity index (χ3n) is 2.44. The van der Waals surface area contributed by atoms with Crippen molar-refractivity contribution in [1.82, 2.24) is 5.32 Å². The average Bonchev–Trinajstić information content (AvgIpc) is 2.40. The van der Waals surface area contributed by atoms with Crippen LogP contribution >= 0.6 is 0 Å². The van der Waals surface area contributed by atoms with Crippen LogP contribution in [0.4, 0.5) is 10.5 Å². The van der Waals surface area contributed by atoms with Crippen LogP contribution in [0.1, 0.15) is 13.3 Å². The maximum Gasteiger partial charge on any atom is 0.326 e. The molecule has 1 rings (SSSR count). The van der Waals surface area contributed by atoms with Crippen LogP contribution in [0.5, 0.6) is 5.75 Å². The number of nitrogens with two attached hydrogens (primary N) is 1. The maximum absolute atomic E-state index is 11.8. The summed E-state index contributed by atoms with van der Waals surface area (Å²) < 4.78 is 5.32. The molecule has 3 amide bonds. The Balaban J connectivity index is 2.72. The van der Waals surface area contributed by atoms with E-state index in [1.54, 1.807) is 31.2 Å². The smallest absolute Gasteiger partial charge is 0.326 e. The van der Waals surface area contributed by atoms with E-state index >= 15 is 0 Å². The van der Waals surface area contributed by atoms with Crippen molar-refractivity contribution in [2.75, 3.05) is 11.9 Å². The molecule has 0 aliphatic rings. The van der Waals surface area contributed by atoms with Crippen molar-refractivity contribution >= 4 is 23.6 Å². The fourth-order valence-electron chi connectivity index (χ4n) is 1.57. The zero-order valence-electron chi connectivity index (χ0n) is 11.5. The fourth-order valence-corrected chi connectivity index (χ4v) is 1.57. The molecule has 0 fully saturated rings. The third kappa shape index (κ3) is 5.39. The lowest BCUT2D eigenvalue weighted by Gasteiger charge is -2.15. The van der Waals surface area contributed by atoms with Gasteiger partial charge in [0.2, 0.25) is 5.91 Å². The number of urea groups is 1. The fraction of sp³-hybridized carbons (Fsp3) is 0.308. The molecule has 1 aromatic carbocycles. The normalized spacial score (nSPS) is 11.3. The molecule has 0 aromatic heterocycles. The summed E-state index contributed by atoms with van der Waals surface area (Å²) in [5.41, 5.74) is 5.32. The highest BCUT2D eigenvalue weighted by Crippen LogP contribution is 2.23. The summed E-state index contributed by atoms with van der Waals surface area (Å²) in [6, 6.07) is 4.54. The number of aliphatic carboxylic acids is 1. The predicted molar refractivity (Wildman–Crippen MR) is 75.0 cm³/mol. The molecule has 8 nitrogen and oxygen atoms in total. The van der Waals surface area contributed by atoms with E-state index in [0.717, 1.165) is 0 Å². The molecule has 1 aromatic rings. The number of carboxylic acids is 1. The lowest BCUT2D eigenvalue weighted by Crippen LogP contribution is -2.45. The van der Waals surface area contributed by atoms with Gasteiger partial charge in [-0.3, -0.25) is 4.79 Å². The number of anilines is 1. The number of carbonyl (C=O) groups excluding carboxylic acids is 2. The summed E-state index contributed by atoms with van der Waals surface area (Å²) in [4.78, 5) is 33.4. The molecule has 0 unspecified atom stereocenters. The van der Waals surface area contributed by atoms with Crippen LogP contribution in [-0.4, -0.2) is 35.7 Å². The Morgan fingerprint density at radius 2 is 2.00 bits per heavy atom. The Kier molecular flexibility index (Phi) is 5.99. The lowest BCUT2D eigenvalue weighted by molar-refractivity contribution is -0.140. The first-order chi connectivity index (χ1) is 9.93. The van der Waals surface area contributed by atoms with E-state index in [1.807, 2.05) is 0 Å². The first-order valence-corrected chi connectivity index (χ1v) is 6.24. The van der Waals surface area contributed by atoms with Gasteiger partial charge in [-0.15, -0.1) is 0 Å². The Morgan fingerprint density at radius 3 is 2.57 bits per heavy atom. The number of para-hydroxylation sites is 2. The van der Waals surface area contributed by atoms with Gasteiger partial charge in [-0.2, -0.15) is 0 Å². The van der Waals surface area contributed by atoms with Crippen LogP contribution in [0.3, 0.4) is 0 Å². The first-order valence-electron chi connectivity index (χ1n) is 6.24. The zero-order valence-corrected chi connectivity index (χ0v) is 11.5. The molecule has 0 bridgehead atoms. The number of primary amides is 1. The predicted octanol–water partition coefficient (Wildman–Crippen LogP) is 0.535. The molecule has 0 radical (unpaired) electrons. The minimum Gasteiger partial charge on any atom is -0.492 e. The highest BCUT2D eigenvalue weighted by Gasteiger charge is 2.22. The van der Waals surface area contributed by atoms with Gasteiger partial charge in [-0.25, -0.2) is 9.59 Å². The molecule has 0 spiro atoms. The van der Waals surface area contributed by atoms with Gasteiger partial charge in [0.1, 0.15) is 11.8 Å². The number of carbonyl (C=O) groups is 3. The first kappa shape index (κ1) is 16.3. The van der Waals surface area contributed by atoms with Gasteiger partial charge in [-0.1, -0.05) is 12.1 Å². The van der Waals surface area contributed by atoms with Gasteiger partial charge in [0, 0.05) is 0 Å². The maximum atomic E-state index is 11.8. The zero-order chi connectivity index (χ0) is 15.8. The Morgan fingerprint density at radius 1 is 1.33 bits per heavy atom. The van der Waals surface area contributed by atoms with E-state index in [4.69, 9.17) is 15.6 Å². The highest BCUT2D eigenvalue weighted by atomic mass is 16.5. The van der Waals surface area contributed by atoms with E-state index < -0.39 is 30.4 Å². The topological polar surface area (TPSA) is 131 Å². The summed E-state index contributed by atoms with van der Waals surface area (Å²) >= 11 is 0. The van der Waals surface area contributed by atoms with Crippen molar-refractivity contribution < 1.29 is 24.2 Å². The van der Waals surface area contributed by atoms with E-state index in [2.05, 4.69) is 10.6 Å². The largest absolute Gasteiger partial charge is 0.492 e. The number of benzene rings is 1. The molecule has 0 heterocycles. The summed E-state index contributed by atoms with van der Waals surface area (Å²) in [5.74, 6) is -1.71. The highest BCUT2D eigenvalue weighted by molar-refractivity contribution is 5.94. The Hall–Kier alpha value is -2.77. The summed E-state index contributed by atoms with van der Waals surface area (Å²) in [7, 11) is 0. The molecule has 21 heavy (non-hydrogen) atoms. The molecule has 0 saturated heterocycles. The van der Waals surface area contributed by atoms with Crippen molar-refractivity contribution in [2.45, 2.75) is 19.4 Å². The second-order valence-electron chi connectivity index (χ2n) is 4.09. The molecular weight excluding hydrogens is 278 g/mol. The van der Waals surface area contributed by atoms with Crippen LogP contribution < -0.4 is 21.1 Å². The van der Waals surface area contributed by atoms with Gasteiger partial charge in [0.25, 0.3) is 0 Å². The van der Waals surface area contributed by atoms with Gasteiger partial charge >= 0.3 is 12.0 Å². The van der Waals surface area contributed by atoms with Crippen LogP contribution in [-0.2, 0) is 9.59 Å². The number of rotatable bonds is 7. The van der Waals surface area contributed by atoms with Crippen molar-refractivity contribution in [3.63, 3.8) is 0 Å². The second-order valence-corrected chi connectivity index (χ2v) is 4.09. The quantitative estimate of drug-likeness (QED) is 0.583. The minimum absolute atomic E-state index is 0.389. The molecular formula is C13H17N3O5. The average molecular weight is 295 g/mol. The number of amides is 3. The van der Waals surface area contributed by atoms with Crippen molar-refractivity contribution in [1.29, 1.82) is 0 Å². The minimum atomic E-state index is -1.39. The van der Waals surface area contributed by atoms with Crippen molar-refractivity contribution in [3.8, 4) is 5.75 Å². The number of nitrogens with one attached hydrogen (secondary N) is 2. The van der Waals surface area contributed by atoms with Gasteiger partial charge < -0.3 is 26.2 Å². The molecule has 0 aliphatic heterocycles. The number of carboxylic acid groups (broad SMARTS) is 1. The SMILES string of the molecule is CCOc1ccccc1NC(=O)N[C@@H](CC(N)=O)C(=O)O. The lowest BCUT2D eigenvalue weighted by atomic mass is 10.2. The van der Waals surface area contributed by atoms with Gasteiger partial charge in [0.15, 0.2) is 0 Å². The van der Waals surface area contributed by atoms with Crippen LogP contribution in [0.25, 0.3) is 0 Å². The summed E-state index contributed by atoms with van der Waals surface area (Å²) in [6.45, 7) is 2.21. The Labute approximate surface area is 121 Å². The van der Waals surface area contributed by atoms with Crippen molar-refractivity contribution in [2.24, 2.45) is 5.73 Å². The summed E-state index contributed by atoms with van der Waals surface area (Å²) in [5, 5.41) is 13.5. The van der Waals surface area contributed by atoms with E-state index in [-0.39, 0.29) is 0 Å². The molecule has 1 atom stereocenters. The Bertz CT molecular complexity index is 532. The van der Waals surface area contributed by atoms with E-state index in [1.165, 1.54) is 0 Å². The molecule has 5 N–H and O–H groups in total. The number of hydrogen-bond donors (Lipinski definition) is 4. The molecule has 0 aliphatic carbocycles. The van der Waals surface area contributed by atoms with Crippen LogP contribution in [0, 0.1) is 0 Å². The standard InChI is InChI=1S/C13H17N3O5/c1-2-21-10-6-4-3-5-8(10)15-13(20)16-9(12(18)19)7-11(14)17/h3-6,9H,2,7H2,1H3,(H2,14,17)(H,18,19)(H2,15,16,20)/t9-/m0/s1. The molecule has 114 valence electrons. The van der Waals surface area contributed by atoms with Crippen LogP contribution in [0.2, 0.25) is 0 Å². The monoisotopic (exact) mass is 295 g/mol. The van der Waals surface area contributed by atoms with E-state index in [9.17, 15) is 14.4 Å². The third-order valence-corrected chi connectivity index (χ3v) is 2.44. The summed E-state index contributed by atoms with van der Waals surface area (Å²) in [6.07, 6.45) is -0.490.